The summed E-state index contributed by atoms with van der Waals surface area (Å²) in [6, 6.07) is 12.6. The van der Waals surface area contributed by atoms with E-state index >= 15 is 0 Å². The fourth-order valence-corrected chi connectivity index (χ4v) is 2.98. The van der Waals surface area contributed by atoms with Crippen LogP contribution in [0.1, 0.15) is 17.1 Å². The third-order valence-electron chi connectivity index (χ3n) is 2.88. The van der Waals surface area contributed by atoms with Crippen molar-refractivity contribution in [2.75, 3.05) is 26.4 Å². The number of hydrogen-bond acceptors (Lipinski definition) is 4. The first kappa shape index (κ1) is 21.6. The molecule has 0 saturated carbocycles. The van der Waals surface area contributed by atoms with Crippen LogP contribution in [0.4, 0.5) is 0 Å². The smallest absolute Gasteiger partial charge is 0.126 e. The molecule has 0 aliphatic rings. The second kappa shape index (κ2) is 11.2. The third-order valence-corrected chi connectivity index (χ3v) is 3.78. The maximum absolute atomic E-state index is 4.54. The van der Waals surface area contributed by atoms with Gasteiger partial charge in [0.15, 0.2) is 0 Å². The van der Waals surface area contributed by atoms with Crippen molar-refractivity contribution in [3.8, 4) is 0 Å². The number of benzene rings is 1. The van der Waals surface area contributed by atoms with Crippen molar-refractivity contribution >= 4 is 45.7 Å². The van der Waals surface area contributed by atoms with E-state index in [0.717, 1.165) is 35.3 Å². The lowest BCUT2D eigenvalue weighted by Gasteiger charge is -2.09. The summed E-state index contributed by atoms with van der Waals surface area (Å²) in [6.07, 6.45) is 0.867. The highest BCUT2D eigenvalue weighted by Gasteiger charge is 2.04. The van der Waals surface area contributed by atoms with Crippen LogP contribution in [0.25, 0.3) is 0 Å². The van der Waals surface area contributed by atoms with E-state index in [-0.39, 0.29) is 34.0 Å². The van der Waals surface area contributed by atoms with Gasteiger partial charge < -0.3 is 4.90 Å². The average molecular weight is 449 g/mol. The van der Waals surface area contributed by atoms with Crippen molar-refractivity contribution in [2.45, 2.75) is 18.4 Å². The molecule has 0 atom stereocenters. The van der Waals surface area contributed by atoms with Crippen LogP contribution in [0, 0.1) is 6.92 Å². The van der Waals surface area contributed by atoms with Crippen molar-refractivity contribution in [3.63, 3.8) is 0 Å². The molecule has 0 fully saturated rings. The molecule has 3 nitrogen and oxygen atoms in total. The predicted molar refractivity (Wildman–Crippen MR) is 106 cm³/mol. The zero-order valence-corrected chi connectivity index (χ0v) is 17.4. The number of hydrogen-bond donors (Lipinski definition) is 0. The molecular formula is C16H23Br2N3S. The lowest BCUT2D eigenvalue weighted by Crippen LogP contribution is -2.14. The molecule has 0 N–H and O–H groups in total. The number of aryl methyl sites for hydroxylation is 1. The molecule has 22 heavy (non-hydrogen) atoms. The molecule has 0 spiro atoms. The second-order valence-corrected chi connectivity index (χ2v) is 6.17. The number of nitrogens with zero attached hydrogens (tertiary/aromatic N) is 3. The largest absolute Gasteiger partial charge is 0.309 e. The first-order chi connectivity index (χ1) is 9.63. The van der Waals surface area contributed by atoms with Gasteiger partial charge in [0.1, 0.15) is 10.9 Å². The van der Waals surface area contributed by atoms with Gasteiger partial charge in [0.25, 0.3) is 0 Å². The maximum atomic E-state index is 4.54. The predicted octanol–water partition coefficient (Wildman–Crippen LogP) is 4.19. The molecular weight excluding hydrogens is 426 g/mol. The van der Waals surface area contributed by atoms with Crippen molar-refractivity contribution in [1.82, 2.24) is 14.9 Å². The minimum atomic E-state index is 0. The Morgan fingerprint density at radius 2 is 1.73 bits per heavy atom. The Bertz CT molecular complexity index is 550. The first-order valence-electron chi connectivity index (χ1n) is 6.79. The van der Waals surface area contributed by atoms with Crippen molar-refractivity contribution in [2.24, 2.45) is 0 Å². The molecule has 6 heteroatoms. The molecule has 0 bridgehead atoms. The van der Waals surface area contributed by atoms with Crippen LogP contribution >= 0.6 is 45.7 Å². The molecule has 122 valence electrons. The van der Waals surface area contributed by atoms with Gasteiger partial charge >= 0.3 is 0 Å². The lowest BCUT2D eigenvalue weighted by atomic mass is 10.1. The zero-order chi connectivity index (χ0) is 14.4. The first-order valence-corrected chi connectivity index (χ1v) is 7.78. The van der Waals surface area contributed by atoms with E-state index < -0.39 is 0 Å². The van der Waals surface area contributed by atoms with Crippen LogP contribution < -0.4 is 0 Å². The topological polar surface area (TPSA) is 29.0 Å². The van der Waals surface area contributed by atoms with Crippen LogP contribution in [0.3, 0.4) is 0 Å². The Kier molecular flexibility index (Phi) is 10.9. The van der Waals surface area contributed by atoms with Gasteiger partial charge in [-0.2, -0.15) is 0 Å². The van der Waals surface area contributed by atoms with E-state index in [2.05, 4.69) is 59.3 Å². The average Bonchev–Trinajstić information content (AvgIpc) is 2.38. The monoisotopic (exact) mass is 447 g/mol. The molecule has 0 unspecified atom stereocenters. The third kappa shape index (κ3) is 7.72. The summed E-state index contributed by atoms with van der Waals surface area (Å²) in [7, 11) is 4.18. The number of thioether (sulfide) groups is 1. The number of halogens is 2. The van der Waals surface area contributed by atoms with Crippen molar-refractivity contribution < 1.29 is 0 Å². The Hall–Kier alpha value is -0.430. The molecule has 2 rings (SSSR count). The summed E-state index contributed by atoms with van der Waals surface area (Å²) in [6.45, 7) is 3.02. The fraction of sp³-hybridized carbons (Fsp3) is 0.375. The van der Waals surface area contributed by atoms with Crippen LogP contribution in [-0.2, 0) is 6.42 Å². The van der Waals surface area contributed by atoms with Gasteiger partial charge in [-0.15, -0.1) is 45.7 Å². The zero-order valence-electron chi connectivity index (χ0n) is 13.2. The summed E-state index contributed by atoms with van der Waals surface area (Å²) in [5.74, 6) is 1.90. The van der Waals surface area contributed by atoms with Crippen LogP contribution in [0.2, 0.25) is 0 Å². The Labute approximate surface area is 158 Å². The van der Waals surface area contributed by atoms with Crippen molar-refractivity contribution in [1.29, 1.82) is 0 Å². The Balaban J connectivity index is 0.00000220. The summed E-state index contributed by atoms with van der Waals surface area (Å²) in [4.78, 5) is 11.2. The van der Waals surface area contributed by atoms with Gasteiger partial charge in [0, 0.05) is 24.4 Å². The molecule has 0 amide bonds. The van der Waals surface area contributed by atoms with Crippen LogP contribution in [-0.4, -0.2) is 41.3 Å². The second-order valence-electron chi connectivity index (χ2n) is 5.06. The minimum Gasteiger partial charge on any atom is -0.309 e. The summed E-state index contributed by atoms with van der Waals surface area (Å²) >= 11 is 1.79. The molecule has 1 aromatic carbocycles. The van der Waals surface area contributed by atoms with E-state index in [1.54, 1.807) is 11.8 Å². The standard InChI is InChI=1S/C16H21N3S.2BrH/c1-13-17-15(11-14-7-5-4-6-8-14)12-16(18-13)20-10-9-19(2)3;;/h4-8,12H,9-11H2,1-3H3;2*1H. The number of rotatable bonds is 6. The minimum absolute atomic E-state index is 0. The van der Waals surface area contributed by atoms with Gasteiger partial charge in [-0.3, -0.25) is 0 Å². The van der Waals surface area contributed by atoms with Crippen LogP contribution in [0.5, 0.6) is 0 Å². The quantitative estimate of drug-likeness (QED) is 0.489. The molecule has 1 heterocycles. The highest BCUT2D eigenvalue weighted by molar-refractivity contribution is 8.93. The van der Waals surface area contributed by atoms with E-state index in [0.29, 0.717) is 0 Å². The van der Waals surface area contributed by atoms with E-state index in [4.69, 9.17) is 0 Å². The summed E-state index contributed by atoms with van der Waals surface area (Å²) < 4.78 is 0. The van der Waals surface area contributed by atoms with Gasteiger partial charge in [-0.1, -0.05) is 30.3 Å². The van der Waals surface area contributed by atoms with Crippen LogP contribution in [0.15, 0.2) is 41.4 Å². The molecule has 0 radical (unpaired) electrons. The highest BCUT2D eigenvalue weighted by Crippen LogP contribution is 2.18. The van der Waals surface area contributed by atoms with Gasteiger partial charge in [0.05, 0.1) is 0 Å². The highest BCUT2D eigenvalue weighted by atomic mass is 79.9. The Morgan fingerprint density at radius 1 is 1.05 bits per heavy atom. The number of aromatic nitrogens is 2. The van der Waals surface area contributed by atoms with E-state index in [9.17, 15) is 0 Å². The SMILES string of the molecule is Br.Br.Cc1nc(Cc2ccccc2)cc(SCCN(C)C)n1. The summed E-state index contributed by atoms with van der Waals surface area (Å²) in [5.41, 5.74) is 2.38. The van der Waals surface area contributed by atoms with E-state index in [1.807, 2.05) is 13.0 Å². The van der Waals surface area contributed by atoms with Crippen molar-refractivity contribution in [3.05, 3.63) is 53.5 Å². The molecule has 0 aliphatic heterocycles. The fourth-order valence-electron chi connectivity index (χ4n) is 1.90. The normalized spacial score (nSPS) is 10.0. The van der Waals surface area contributed by atoms with Gasteiger partial charge in [0.2, 0.25) is 0 Å². The Morgan fingerprint density at radius 3 is 2.36 bits per heavy atom. The summed E-state index contributed by atoms with van der Waals surface area (Å²) in [5, 5.41) is 1.07. The van der Waals surface area contributed by atoms with Gasteiger partial charge in [-0.25, -0.2) is 9.97 Å². The molecule has 1 aromatic heterocycles. The molecule has 0 aliphatic carbocycles. The van der Waals surface area contributed by atoms with Gasteiger partial charge in [-0.05, 0) is 32.6 Å². The molecule has 0 saturated heterocycles. The lowest BCUT2D eigenvalue weighted by molar-refractivity contribution is 0.437. The maximum Gasteiger partial charge on any atom is 0.126 e. The van der Waals surface area contributed by atoms with E-state index in [1.165, 1.54) is 5.56 Å². The molecule has 2 aromatic rings.